The average molecular weight is 584 g/mol. The number of carbonyl (C=O) groups excluding carboxylic acids is 2. The van der Waals surface area contributed by atoms with Crippen molar-refractivity contribution in [2.45, 2.75) is 57.0 Å². The number of aromatic amines is 1. The van der Waals surface area contributed by atoms with Gasteiger partial charge in [0.25, 0.3) is 0 Å². The van der Waals surface area contributed by atoms with E-state index in [9.17, 15) is 9.59 Å². The molecular weight excluding hydrogens is 542 g/mol. The Morgan fingerprint density at radius 1 is 0.953 bits per heavy atom. The molecular formula is C33H41N7O3. The van der Waals surface area contributed by atoms with Crippen molar-refractivity contribution in [3.05, 3.63) is 53.6 Å². The van der Waals surface area contributed by atoms with E-state index in [-0.39, 0.29) is 11.8 Å². The number of rotatable bonds is 6. The van der Waals surface area contributed by atoms with Gasteiger partial charge in [-0.25, -0.2) is 14.8 Å². The summed E-state index contributed by atoms with van der Waals surface area (Å²) in [7, 11) is 1.85. The van der Waals surface area contributed by atoms with E-state index < -0.39 is 6.03 Å². The van der Waals surface area contributed by atoms with Crippen molar-refractivity contribution in [1.29, 1.82) is 0 Å². The molecule has 4 heterocycles. The smallest absolute Gasteiger partial charge is 0.334 e. The molecule has 3 saturated heterocycles. The standard InChI is InChI=1S/C33H41N7O3/c1-37(23-14-20-43-21-15-23)40(33(34)42)27-7-5-6-26-28(27)32(41)29-30(35-36-31(26)29)22-8-10-24(11-9-22)39-18-12-25(13-19-39)38-16-3-2-4-17-38/h5-11,23,25H,2-4,12-21H2,1H3,(H2,34,42)(H,35,36). The van der Waals surface area contributed by atoms with Crippen LogP contribution in [0.4, 0.5) is 16.2 Å². The van der Waals surface area contributed by atoms with E-state index in [1.54, 1.807) is 6.07 Å². The number of urea groups is 1. The van der Waals surface area contributed by atoms with Gasteiger partial charge in [-0.3, -0.25) is 9.89 Å². The molecule has 1 aromatic heterocycles. The highest BCUT2D eigenvalue weighted by Gasteiger charge is 2.38. The van der Waals surface area contributed by atoms with E-state index in [0.717, 1.165) is 37.1 Å². The summed E-state index contributed by atoms with van der Waals surface area (Å²) < 4.78 is 5.51. The molecule has 43 heavy (non-hydrogen) atoms. The second kappa shape index (κ2) is 11.7. The highest BCUT2D eigenvalue weighted by Crippen LogP contribution is 2.44. The first-order valence-electron chi connectivity index (χ1n) is 15.8. The minimum atomic E-state index is -0.625. The van der Waals surface area contributed by atoms with Gasteiger partial charge in [0.2, 0.25) is 0 Å². The molecule has 4 aliphatic rings. The minimum absolute atomic E-state index is 0.0812. The Morgan fingerprint density at radius 3 is 2.37 bits per heavy atom. The van der Waals surface area contributed by atoms with Crippen LogP contribution in [0.25, 0.3) is 22.5 Å². The largest absolute Gasteiger partial charge is 0.381 e. The number of nitrogens with two attached hydrogens (primary N) is 1. The number of benzene rings is 2. The number of hydrogen-bond donors (Lipinski definition) is 2. The Labute approximate surface area is 252 Å². The number of H-pyrrole nitrogens is 1. The lowest BCUT2D eigenvalue weighted by Gasteiger charge is -2.41. The lowest BCUT2D eigenvalue weighted by atomic mass is 9.99. The number of primary amides is 1. The highest BCUT2D eigenvalue weighted by atomic mass is 16.5. The number of nitrogens with one attached hydrogen (secondary N) is 1. The summed E-state index contributed by atoms with van der Waals surface area (Å²) in [5.74, 6) is -0.153. The zero-order valence-corrected chi connectivity index (χ0v) is 24.9. The number of anilines is 2. The summed E-state index contributed by atoms with van der Waals surface area (Å²) in [6, 6.07) is 14.1. The number of carbonyl (C=O) groups is 2. The molecule has 3 aliphatic heterocycles. The van der Waals surface area contributed by atoms with Crippen LogP contribution in [0.15, 0.2) is 42.5 Å². The second-order valence-electron chi connectivity index (χ2n) is 12.3. The zero-order valence-electron chi connectivity index (χ0n) is 24.9. The number of fused-ring (bicyclic) bond motifs is 3. The van der Waals surface area contributed by atoms with Crippen molar-refractivity contribution in [2.24, 2.45) is 5.73 Å². The minimum Gasteiger partial charge on any atom is -0.381 e. The van der Waals surface area contributed by atoms with Gasteiger partial charge >= 0.3 is 6.03 Å². The van der Waals surface area contributed by atoms with Crippen LogP contribution in [0.5, 0.6) is 0 Å². The van der Waals surface area contributed by atoms with Crippen LogP contribution in [-0.2, 0) is 4.74 Å². The molecule has 0 bridgehead atoms. The van der Waals surface area contributed by atoms with Gasteiger partial charge in [0.15, 0.2) is 5.78 Å². The third-order valence-corrected chi connectivity index (χ3v) is 9.88. The summed E-state index contributed by atoms with van der Waals surface area (Å²) >= 11 is 0. The van der Waals surface area contributed by atoms with E-state index in [1.165, 1.54) is 55.9 Å². The summed E-state index contributed by atoms with van der Waals surface area (Å²) in [6.45, 7) is 5.89. The molecule has 3 fully saturated rings. The fourth-order valence-electron chi connectivity index (χ4n) is 7.52. The fourth-order valence-corrected chi connectivity index (χ4v) is 7.52. The van der Waals surface area contributed by atoms with Crippen molar-refractivity contribution in [2.75, 3.05) is 56.3 Å². The number of ketones is 1. The quantitative estimate of drug-likeness (QED) is 0.318. The van der Waals surface area contributed by atoms with Gasteiger partial charge in [-0.15, -0.1) is 0 Å². The summed E-state index contributed by atoms with van der Waals surface area (Å²) in [5, 5.41) is 11.0. The predicted octanol–water partition coefficient (Wildman–Crippen LogP) is 4.65. The number of likely N-dealkylation sites (tertiary alicyclic amines) is 1. The van der Waals surface area contributed by atoms with Crippen molar-refractivity contribution >= 4 is 23.2 Å². The monoisotopic (exact) mass is 583 g/mol. The fraction of sp³-hybridized carbons (Fsp3) is 0.485. The van der Waals surface area contributed by atoms with Crippen LogP contribution in [0.3, 0.4) is 0 Å². The maximum atomic E-state index is 14.1. The summed E-state index contributed by atoms with van der Waals surface area (Å²) in [6.07, 6.45) is 8.02. The third kappa shape index (κ3) is 5.11. The molecule has 10 nitrogen and oxygen atoms in total. The van der Waals surface area contributed by atoms with E-state index in [2.05, 4.69) is 44.3 Å². The molecule has 226 valence electrons. The summed E-state index contributed by atoms with van der Waals surface area (Å²) in [5.41, 5.74) is 11.5. The zero-order chi connectivity index (χ0) is 29.5. The van der Waals surface area contributed by atoms with Gasteiger partial charge in [-0.1, -0.05) is 30.7 Å². The molecule has 0 spiro atoms. The van der Waals surface area contributed by atoms with Gasteiger partial charge in [0.1, 0.15) is 5.69 Å². The van der Waals surface area contributed by atoms with Crippen LogP contribution < -0.4 is 15.6 Å². The van der Waals surface area contributed by atoms with Crippen molar-refractivity contribution in [1.82, 2.24) is 20.1 Å². The van der Waals surface area contributed by atoms with Crippen LogP contribution in [-0.4, -0.2) is 90.4 Å². The average Bonchev–Trinajstić information content (AvgIpc) is 3.62. The van der Waals surface area contributed by atoms with Crippen LogP contribution in [0.2, 0.25) is 0 Å². The Morgan fingerprint density at radius 2 is 1.67 bits per heavy atom. The second-order valence-corrected chi connectivity index (χ2v) is 12.3. The Kier molecular flexibility index (Phi) is 7.67. The van der Waals surface area contributed by atoms with E-state index in [0.29, 0.717) is 47.5 Å². The molecule has 10 heteroatoms. The number of amides is 2. The molecule has 7 rings (SSSR count). The Bertz CT molecular complexity index is 1480. The van der Waals surface area contributed by atoms with E-state index in [1.807, 2.05) is 24.2 Å². The first-order valence-corrected chi connectivity index (χ1v) is 15.8. The van der Waals surface area contributed by atoms with Crippen LogP contribution >= 0.6 is 0 Å². The van der Waals surface area contributed by atoms with Gasteiger partial charge in [-0.05, 0) is 69.8 Å². The molecule has 2 amide bonds. The maximum Gasteiger partial charge on any atom is 0.334 e. The lowest BCUT2D eigenvalue weighted by Crippen LogP contribution is -2.53. The molecule has 0 radical (unpaired) electrons. The van der Waals surface area contributed by atoms with Gasteiger partial charge in [-0.2, -0.15) is 5.10 Å². The molecule has 3 N–H and O–H groups in total. The number of piperidine rings is 2. The number of ether oxygens (including phenoxy) is 1. The topological polar surface area (TPSA) is 111 Å². The number of nitrogens with zero attached hydrogens (tertiary/aromatic N) is 5. The lowest BCUT2D eigenvalue weighted by molar-refractivity contribution is 0.0419. The highest BCUT2D eigenvalue weighted by molar-refractivity contribution is 6.27. The molecule has 3 aromatic rings. The van der Waals surface area contributed by atoms with Crippen molar-refractivity contribution in [3.63, 3.8) is 0 Å². The van der Waals surface area contributed by atoms with Crippen LogP contribution in [0, 0.1) is 0 Å². The first kappa shape index (κ1) is 28.1. The Balaban J connectivity index is 1.11. The van der Waals surface area contributed by atoms with Crippen molar-refractivity contribution in [3.8, 4) is 22.5 Å². The van der Waals surface area contributed by atoms with Gasteiger partial charge in [0, 0.05) is 62.2 Å². The van der Waals surface area contributed by atoms with E-state index >= 15 is 0 Å². The molecule has 0 unspecified atom stereocenters. The SMILES string of the molecule is CN(C1CCOCC1)N(C(N)=O)c1cccc2c1C(=O)c1c(-c3ccc(N4CCC(N5CCCCC5)CC4)cc3)n[nH]c1-2. The first-order chi connectivity index (χ1) is 21.0. The molecule has 0 atom stereocenters. The van der Waals surface area contributed by atoms with Gasteiger partial charge < -0.3 is 20.3 Å². The molecule has 0 saturated carbocycles. The normalized spacial score (nSPS) is 20.0. The third-order valence-electron chi connectivity index (χ3n) is 9.88. The molecule has 1 aliphatic carbocycles. The van der Waals surface area contributed by atoms with Crippen molar-refractivity contribution < 1.29 is 14.3 Å². The summed E-state index contributed by atoms with van der Waals surface area (Å²) in [4.78, 5) is 32.0. The number of aromatic nitrogens is 2. The number of hydrazine groups is 1. The maximum absolute atomic E-state index is 14.1. The predicted molar refractivity (Wildman–Crippen MR) is 167 cm³/mol. The molecule has 2 aromatic carbocycles. The van der Waals surface area contributed by atoms with Crippen LogP contribution in [0.1, 0.15) is 60.9 Å². The van der Waals surface area contributed by atoms with Gasteiger partial charge in [0.05, 0.1) is 22.5 Å². The van der Waals surface area contributed by atoms with E-state index in [4.69, 9.17) is 10.5 Å². The number of hydrogen-bond acceptors (Lipinski definition) is 7. The Hall–Kier alpha value is -3.73.